The fourth-order valence-electron chi connectivity index (χ4n) is 4.74. The van der Waals surface area contributed by atoms with Gasteiger partial charge in [0.15, 0.2) is 5.69 Å². The number of hydrogen-bond acceptors (Lipinski definition) is 7. The molecule has 11 heteroatoms. The molecule has 1 aliphatic heterocycles. The van der Waals surface area contributed by atoms with Crippen LogP contribution in [0, 0.1) is 0 Å². The van der Waals surface area contributed by atoms with Gasteiger partial charge in [-0.15, -0.1) is 0 Å². The lowest BCUT2D eigenvalue weighted by Crippen LogP contribution is -2.60. The Kier molecular flexibility index (Phi) is 9.49. The summed E-state index contributed by atoms with van der Waals surface area (Å²) in [6, 6.07) is 13.8. The Bertz CT molecular complexity index is 1410. The van der Waals surface area contributed by atoms with Gasteiger partial charge < -0.3 is 15.3 Å². The minimum absolute atomic E-state index is 0.0372. The van der Waals surface area contributed by atoms with Crippen molar-refractivity contribution in [1.29, 1.82) is 0 Å². The second-order valence-electron chi connectivity index (χ2n) is 9.82. The third kappa shape index (κ3) is 6.83. The average molecular weight is 566 g/mol. The number of carbonyl (C=O) groups excluding carboxylic acids is 1. The lowest BCUT2D eigenvalue weighted by atomic mass is 10.1. The number of piperazine rings is 1. The van der Waals surface area contributed by atoms with E-state index in [-0.39, 0.29) is 36.8 Å². The van der Waals surface area contributed by atoms with E-state index in [0.717, 1.165) is 43.0 Å². The fraction of sp³-hybridized carbons (Fsp3) is 0.379. The molecule has 40 heavy (non-hydrogen) atoms. The van der Waals surface area contributed by atoms with E-state index in [4.69, 9.17) is 5.11 Å². The highest BCUT2D eigenvalue weighted by molar-refractivity contribution is 7.89. The Morgan fingerprint density at radius 2 is 1.50 bits per heavy atom. The SMILES string of the molecule is CCCc1ccc(CNC(=O)[C@H]2CN(c3cnc(C(=O)O)cn3)CCN2S(=O)(=O)c2ccc(CCC)cc2)cc1. The van der Waals surface area contributed by atoms with E-state index in [1.54, 1.807) is 17.0 Å². The molecule has 0 aliphatic carbocycles. The Balaban J connectivity index is 1.57. The second kappa shape index (κ2) is 13.0. The van der Waals surface area contributed by atoms with Crippen LogP contribution in [0.25, 0.3) is 0 Å². The molecule has 212 valence electrons. The Labute approximate surface area is 235 Å². The van der Waals surface area contributed by atoms with Crippen molar-refractivity contribution in [3.8, 4) is 0 Å². The smallest absolute Gasteiger partial charge is 0.356 e. The number of benzene rings is 2. The highest BCUT2D eigenvalue weighted by atomic mass is 32.2. The van der Waals surface area contributed by atoms with Gasteiger partial charge >= 0.3 is 5.97 Å². The molecule has 2 aromatic carbocycles. The molecular formula is C29H35N5O5S. The number of amides is 1. The van der Waals surface area contributed by atoms with Gasteiger partial charge in [-0.2, -0.15) is 4.31 Å². The van der Waals surface area contributed by atoms with Crippen molar-refractivity contribution < 1.29 is 23.1 Å². The van der Waals surface area contributed by atoms with Crippen LogP contribution >= 0.6 is 0 Å². The van der Waals surface area contributed by atoms with Crippen LogP contribution in [0.4, 0.5) is 5.82 Å². The number of nitrogens with one attached hydrogen (secondary N) is 1. The third-order valence-corrected chi connectivity index (χ3v) is 8.83. The van der Waals surface area contributed by atoms with Crippen LogP contribution in [-0.4, -0.2) is 65.4 Å². The number of aromatic carboxylic acids is 1. The van der Waals surface area contributed by atoms with Gasteiger partial charge in [-0.3, -0.25) is 4.79 Å². The summed E-state index contributed by atoms with van der Waals surface area (Å²) < 4.78 is 28.7. The van der Waals surface area contributed by atoms with Crippen molar-refractivity contribution >= 4 is 27.7 Å². The van der Waals surface area contributed by atoms with Crippen LogP contribution in [0.1, 0.15) is 53.9 Å². The fourth-order valence-corrected chi connectivity index (χ4v) is 6.31. The molecule has 0 radical (unpaired) electrons. The summed E-state index contributed by atoms with van der Waals surface area (Å²) in [5.41, 5.74) is 2.99. The summed E-state index contributed by atoms with van der Waals surface area (Å²) in [4.78, 5) is 34.7. The summed E-state index contributed by atoms with van der Waals surface area (Å²) in [7, 11) is -3.97. The minimum Gasteiger partial charge on any atom is -0.476 e. The largest absolute Gasteiger partial charge is 0.476 e. The highest BCUT2D eigenvalue weighted by Gasteiger charge is 2.40. The molecule has 0 spiro atoms. The van der Waals surface area contributed by atoms with E-state index in [2.05, 4.69) is 29.1 Å². The van der Waals surface area contributed by atoms with Crippen LogP contribution in [0.3, 0.4) is 0 Å². The van der Waals surface area contributed by atoms with Crippen molar-refractivity contribution in [1.82, 2.24) is 19.6 Å². The molecule has 3 aromatic rings. The van der Waals surface area contributed by atoms with E-state index in [1.165, 1.54) is 16.1 Å². The maximum Gasteiger partial charge on any atom is 0.356 e. The first kappa shape index (κ1) is 29.2. The van der Waals surface area contributed by atoms with E-state index in [1.807, 2.05) is 36.4 Å². The molecule has 1 aromatic heterocycles. The summed E-state index contributed by atoms with van der Waals surface area (Å²) in [5.74, 6) is -1.25. The van der Waals surface area contributed by atoms with Crippen molar-refractivity contribution in [2.24, 2.45) is 0 Å². The normalized spacial score (nSPS) is 16.1. The van der Waals surface area contributed by atoms with Crippen LogP contribution in [0.5, 0.6) is 0 Å². The lowest BCUT2D eigenvalue weighted by molar-refractivity contribution is -0.125. The monoisotopic (exact) mass is 565 g/mol. The molecule has 1 fully saturated rings. The van der Waals surface area contributed by atoms with Crippen LogP contribution < -0.4 is 10.2 Å². The first-order valence-electron chi connectivity index (χ1n) is 13.5. The zero-order valence-corrected chi connectivity index (χ0v) is 23.6. The number of carbonyl (C=O) groups is 2. The van der Waals surface area contributed by atoms with E-state index < -0.39 is 27.9 Å². The number of carboxylic acid groups (broad SMARTS) is 1. The highest BCUT2D eigenvalue weighted by Crippen LogP contribution is 2.25. The number of nitrogens with zero attached hydrogens (tertiary/aromatic N) is 4. The Morgan fingerprint density at radius 1 is 0.900 bits per heavy atom. The predicted octanol–water partition coefficient (Wildman–Crippen LogP) is 3.28. The molecule has 1 atom stereocenters. The first-order chi connectivity index (χ1) is 19.2. The molecule has 4 rings (SSSR count). The molecule has 0 unspecified atom stereocenters. The Morgan fingerprint density at radius 3 is 2.05 bits per heavy atom. The summed E-state index contributed by atoms with van der Waals surface area (Å²) in [5, 5.41) is 12.0. The number of aryl methyl sites for hydroxylation is 2. The molecule has 1 amide bonds. The number of rotatable bonds is 11. The lowest BCUT2D eigenvalue weighted by Gasteiger charge is -2.40. The zero-order valence-electron chi connectivity index (χ0n) is 22.8. The van der Waals surface area contributed by atoms with Crippen molar-refractivity contribution in [3.05, 3.63) is 83.3 Å². The van der Waals surface area contributed by atoms with Gasteiger partial charge in [0.25, 0.3) is 0 Å². The first-order valence-corrected chi connectivity index (χ1v) is 14.9. The van der Waals surface area contributed by atoms with Gasteiger partial charge in [-0.1, -0.05) is 63.1 Å². The topological polar surface area (TPSA) is 133 Å². The van der Waals surface area contributed by atoms with Gasteiger partial charge in [-0.25, -0.2) is 23.2 Å². The number of aromatic nitrogens is 2. The molecule has 2 heterocycles. The van der Waals surface area contributed by atoms with Crippen molar-refractivity contribution in [2.75, 3.05) is 24.5 Å². The quantitative estimate of drug-likeness (QED) is 0.362. The van der Waals surface area contributed by atoms with Gasteiger partial charge in [0.2, 0.25) is 15.9 Å². The van der Waals surface area contributed by atoms with Crippen LogP contribution in [-0.2, 0) is 34.2 Å². The second-order valence-corrected chi connectivity index (χ2v) is 11.7. The summed E-state index contributed by atoms with van der Waals surface area (Å²) in [6.07, 6.45) is 6.30. The van der Waals surface area contributed by atoms with E-state index >= 15 is 0 Å². The van der Waals surface area contributed by atoms with E-state index in [9.17, 15) is 18.0 Å². The van der Waals surface area contributed by atoms with Crippen LogP contribution in [0.2, 0.25) is 0 Å². The summed E-state index contributed by atoms with van der Waals surface area (Å²) >= 11 is 0. The molecule has 1 saturated heterocycles. The number of hydrogen-bond donors (Lipinski definition) is 2. The minimum atomic E-state index is -3.97. The van der Waals surface area contributed by atoms with Gasteiger partial charge in [0.1, 0.15) is 11.9 Å². The summed E-state index contributed by atoms with van der Waals surface area (Å²) in [6.45, 7) is 4.78. The molecule has 0 bridgehead atoms. The maximum absolute atomic E-state index is 13.7. The van der Waals surface area contributed by atoms with Crippen molar-refractivity contribution in [3.63, 3.8) is 0 Å². The number of carboxylic acids is 1. The number of anilines is 1. The van der Waals surface area contributed by atoms with Gasteiger partial charge in [0, 0.05) is 26.2 Å². The Hall–Kier alpha value is -3.83. The molecular weight excluding hydrogens is 530 g/mol. The van der Waals surface area contributed by atoms with Crippen LogP contribution in [0.15, 0.2) is 65.8 Å². The van der Waals surface area contributed by atoms with Gasteiger partial charge in [-0.05, 0) is 41.7 Å². The van der Waals surface area contributed by atoms with Gasteiger partial charge in [0.05, 0.1) is 17.3 Å². The standard InChI is InChI=1S/C29H35N5O5S/c1-3-5-21-7-9-23(10-8-21)17-32-28(35)26-20-33(27-19-30-25(18-31-27)29(36)37)15-16-34(26)40(38,39)24-13-11-22(6-4-2)12-14-24/h7-14,18-19,26H,3-6,15-17,20H2,1-2H3,(H,32,35)(H,36,37)/t26-/m1/s1. The molecule has 0 saturated carbocycles. The molecule has 10 nitrogen and oxygen atoms in total. The zero-order chi connectivity index (χ0) is 28.7. The average Bonchev–Trinajstić information content (AvgIpc) is 2.97. The predicted molar refractivity (Wildman–Crippen MR) is 152 cm³/mol. The molecule has 2 N–H and O–H groups in total. The maximum atomic E-state index is 13.7. The van der Waals surface area contributed by atoms with E-state index in [0.29, 0.717) is 5.82 Å². The molecule has 1 aliphatic rings. The third-order valence-electron chi connectivity index (χ3n) is 6.91. The van der Waals surface area contributed by atoms with Crippen molar-refractivity contribution in [2.45, 2.75) is 57.0 Å². The number of sulfonamides is 1.